The van der Waals surface area contributed by atoms with Crippen molar-refractivity contribution < 1.29 is 8.83 Å². The molecule has 0 saturated carbocycles. The second-order valence-corrected chi connectivity index (χ2v) is 16.1. The van der Waals surface area contributed by atoms with Gasteiger partial charge in [-0.15, -0.1) is 0 Å². The molecule has 0 radical (unpaired) electrons. The molecule has 3 nitrogen and oxygen atoms in total. The van der Waals surface area contributed by atoms with Gasteiger partial charge in [0, 0.05) is 55.0 Å². The molecule has 0 aliphatic heterocycles. The van der Waals surface area contributed by atoms with Crippen LogP contribution in [0, 0.1) is 0 Å². The van der Waals surface area contributed by atoms with Crippen LogP contribution in [-0.2, 0) is 5.41 Å². The maximum Gasteiger partial charge on any atom is 0.143 e. The largest absolute Gasteiger partial charge is 0.456 e. The van der Waals surface area contributed by atoms with Crippen LogP contribution in [0.2, 0.25) is 0 Å². The molecular formula is C55H37NO2. The lowest BCUT2D eigenvalue weighted by atomic mass is 9.81. The highest BCUT2D eigenvalue weighted by Gasteiger charge is 2.35. The van der Waals surface area contributed by atoms with Crippen molar-refractivity contribution in [3.63, 3.8) is 0 Å². The Balaban J connectivity index is 0.978. The summed E-state index contributed by atoms with van der Waals surface area (Å²) in [6.45, 7) is 4.70. The number of rotatable bonds is 5. The van der Waals surface area contributed by atoms with Crippen molar-refractivity contribution in [2.24, 2.45) is 0 Å². The number of benzene rings is 9. The molecule has 0 amide bonds. The Morgan fingerprint density at radius 2 is 0.966 bits per heavy atom. The molecule has 0 N–H and O–H groups in total. The zero-order chi connectivity index (χ0) is 38.5. The van der Waals surface area contributed by atoms with Gasteiger partial charge in [0.2, 0.25) is 0 Å². The van der Waals surface area contributed by atoms with Crippen LogP contribution in [0.5, 0.6) is 0 Å². The minimum absolute atomic E-state index is 0.0743. The van der Waals surface area contributed by atoms with Crippen LogP contribution < -0.4 is 4.90 Å². The molecule has 58 heavy (non-hydrogen) atoms. The zero-order valence-corrected chi connectivity index (χ0v) is 32.2. The third kappa shape index (κ3) is 4.80. The molecule has 274 valence electrons. The van der Waals surface area contributed by atoms with Gasteiger partial charge in [0.05, 0.1) is 0 Å². The molecule has 2 heterocycles. The van der Waals surface area contributed by atoms with Crippen LogP contribution >= 0.6 is 0 Å². The van der Waals surface area contributed by atoms with Gasteiger partial charge in [-0.25, -0.2) is 0 Å². The number of anilines is 3. The summed E-state index contributed by atoms with van der Waals surface area (Å²) in [5.74, 6) is 0. The van der Waals surface area contributed by atoms with Crippen LogP contribution in [0.3, 0.4) is 0 Å². The van der Waals surface area contributed by atoms with Crippen molar-refractivity contribution >= 4 is 71.7 Å². The molecule has 1 aliphatic rings. The molecule has 1 aliphatic carbocycles. The third-order valence-electron chi connectivity index (χ3n) is 12.5. The van der Waals surface area contributed by atoms with Gasteiger partial charge < -0.3 is 13.7 Å². The Morgan fingerprint density at radius 1 is 0.345 bits per heavy atom. The zero-order valence-electron chi connectivity index (χ0n) is 32.2. The number of hydrogen-bond acceptors (Lipinski definition) is 3. The number of para-hydroxylation sites is 3. The minimum atomic E-state index is -0.0743. The molecule has 0 bridgehead atoms. The lowest BCUT2D eigenvalue weighted by Crippen LogP contribution is -2.14. The van der Waals surface area contributed by atoms with Gasteiger partial charge in [0.1, 0.15) is 22.3 Å². The van der Waals surface area contributed by atoms with Crippen molar-refractivity contribution in [2.75, 3.05) is 4.90 Å². The van der Waals surface area contributed by atoms with Gasteiger partial charge in [-0.1, -0.05) is 141 Å². The van der Waals surface area contributed by atoms with Crippen LogP contribution in [0.1, 0.15) is 25.0 Å². The Morgan fingerprint density at radius 3 is 1.83 bits per heavy atom. The molecular weight excluding hydrogens is 707 g/mol. The monoisotopic (exact) mass is 743 g/mol. The summed E-state index contributed by atoms with van der Waals surface area (Å²) in [5, 5.41) is 6.77. The molecule has 0 saturated heterocycles. The van der Waals surface area contributed by atoms with Gasteiger partial charge in [0.25, 0.3) is 0 Å². The Labute approximate surface area is 336 Å². The van der Waals surface area contributed by atoms with E-state index in [2.05, 4.69) is 195 Å². The predicted octanol–water partition coefficient (Wildman–Crippen LogP) is 15.7. The summed E-state index contributed by atoms with van der Waals surface area (Å²) < 4.78 is 13.1. The van der Waals surface area contributed by atoms with E-state index >= 15 is 0 Å². The van der Waals surface area contributed by atoms with E-state index in [4.69, 9.17) is 8.83 Å². The number of fused-ring (bicyclic) bond motifs is 11. The van der Waals surface area contributed by atoms with Gasteiger partial charge in [-0.2, -0.15) is 0 Å². The van der Waals surface area contributed by atoms with Crippen LogP contribution in [0.4, 0.5) is 17.1 Å². The van der Waals surface area contributed by atoms with E-state index in [9.17, 15) is 0 Å². The van der Waals surface area contributed by atoms with Crippen molar-refractivity contribution in [3.05, 3.63) is 199 Å². The van der Waals surface area contributed by atoms with Gasteiger partial charge in [0.15, 0.2) is 0 Å². The smallest absolute Gasteiger partial charge is 0.143 e. The van der Waals surface area contributed by atoms with Crippen LogP contribution in [0.15, 0.2) is 197 Å². The first-order valence-corrected chi connectivity index (χ1v) is 20.0. The van der Waals surface area contributed by atoms with Gasteiger partial charge in [-0.3, -0.25) is 0 Å². The van der Waals surface area contributed by atoms with Gasteiger partial charge in [-0.05, 0) is 105 Å². The maximum absolute atomic E-state index is 6.96. The molecule has 3 heteroatoms. The average molecular weight is 744 g/mol. The summed E-state index contributed by atoms with van der Waals surface area (Å²) in [7, 11) is 0. The predicted molar refractivity (Wildman–Crippen MR) is 242 cm³/mol. The van der Waals surface area contributed by atoms with Crippen LogP contribution in [-0.4, -0.2) is 0 Å². The maximum atomic E-state index is 6.96. The Bertz CT molecular complexity index is 3420. The average Bonchev–Trinajstić information content (AvgIpc) is 3.92. The topological polar surface area (TPSA) is 29.5 Å². The molecule has 12 rings (SSSR count). The van der Waals surface area contributed by atoms with Crippen molar-refractivity contribution in [3.8, 4) is 33.4 Å². The molecule has 9 aromatic carbocycles. The summed E-state index contributed by atoms with van der Waals surface area (Å²) in [4.78, 5) is 2.30. The first kappa shape index (κ1) is 32.8. The number of nitrogens with zero attached hydrogens (tertiary/aromatic N) is 1. The molecule has 2 aromatic heterocycles. The highest BCUT2D eigenvalue weighted by molar-refractivity contribution is 6.21. The lowest BCUT2D eigenvalue weighted by Gasteiger charge is -2.25. The van der Waals surface area contributed by atoms with E-state index in [1.54, 1.807) is 0 Å². The molecule has 0 spiro atoms. The highest BCUT2D eigenvalue weighted by atomic mass is 16.3. The second kappa shape index (κ2) is 12.3. The van der Waals surface area contributed by atoms with Crippen molar-refractivity contribution in [1.29, 1.82) is 0 Å². The Hall–Kier alpha value is -7.36. The van der Waals surface area contributed by atoms with Crippen molar-refractivity contribution in [2.45, 2.75) is 19.3 Å². The quantitative estimate of drug-likeness (QED) is 0.176. The van der Waals surface area contributed by atoms with E-state index < -0.39 is 0 Å². The molecule has 0 fully saturated rings. The van der Waals surface area contributed by atoms with E-state index in [1.807, 2.05) is 12.1 Å². The first-order chi connectivity index (χ1) is 28.5. The first-order valence-electron chi connectivity index (χ1n) is 20.0. The van der Waals surface area contributed by atoms with Gasteiger partial charge >= 0.3 is 0 Å². The third-order valence-corrected chi connectivity index (χ3v) is 12.5. The highest BCUT2D eigenvalue weighted by Crippen LogP contribution is 2.51. The fourth-order valence-electron chi connectivity index (χ4n) is 9.63. The Kier molecular flexibility index (Phi) is 6.98. The SMILES string of the molecule is CC1(C)c2ccccc2-c2ccc(-c3cc4c5cccc(-c6ccc(N(c7ccccc7)c7ccc8oc9ccccc9c8c7)cc6)c5oc4c4ccccc34)cc21. The van der Waals surface area contributed by atoms with Crippen LogP contribution in [0.25, 0.3) is 88.0 Å². The summed E-state index contributed by atoms with van der Waals surface area (Å²) in [5.41, 5.74) is 16.8. The fraction of sp³-hybridized carbons (Fsp3) is 0.0545. The fourth-order valence-corrected chi connectivity index (χ4v) is 9.63. The van der Waals surface area contributed by atoms with E-state index in [-0.39, 0.29) is 5.41 Å². The molecule has 11 aromatic rings. The normalized spacial score (nSPS) is 13.1. The van der Waals surface area contributed by atoms with E-state index in [0.717, 1.165) is 77.5 Å². The summed E-state index contributed by atoms with van der Waals surface area (Å²) >= 11 is 0. The van der Waals surface area contributed by atoms with E-state index in [0.29, 0.717) is 0 Å². The van der Waals surface area contributed by atoms with E-state index in [1.165, 1.54) is 38.8 Å². The summed E-state index contributed by atoms with van der Waals surface area (Å²) in [6, 6.07) is 67.6. The standard InChI is InChI=1S/C55H37NO2/c1-55(2)49-21-10-8-16-41(49)42-29-25-35(31-50(42)55)46-33-48-45-20-12-19-39(53(45)58-54(48)44-18-7-6-15-40(44)46)34-23-26-37(27-24-34)56(36-13-4-3-5-14-36)38-28-30-52-47(32-38)43-17-9-11-22-51(43)57-52/h3-33H,1-2H3. The number of hydrogen-bond donors (Lipinski definition) is 0. The molecule has 0 atom stereocenters. The molecule has 0 unspecified atom stereocenters. The number of furan rings is 2. The van der Waals surface area contributed by atoms with Crippen molar-refractivity contribution in [1.82, 2.24) is 0 Å². The minimum Gasteiger partial charge on any atom is -0.456 e. The second-order valence-electron chi connectivity index (χ2n) is 16.1. The lowest BCUT2D eigenvalue weighted by molar-refractivity contribution is 0.660. The summed E-state index contributed by atoms with van der Waals surface area (Å²) in [6.07, 6.45) is 0.